The maximum absolute atomic E-state index is 6.09. The smallest absolute Gasteiger partial charge is 0.311 e. The van der Waals surface area contributed by atoms with E-state index in [1.165, 1.54) is 0 Å². The molecule has 0 aliphatic carbocycles. The Balaban J connectivity index is -0.000000720. The summed E-state index contributed by atoms with van der Waals surface area (Å²) >= 11 is 0. The lowest BCUT2D eigenvalue weighted by molar-refractivity contribution is 0.395. The fraction of sp³-hybridized carbons (Fsp3) is 1.00. The minimum atomic E-state index is -1.85. The normalized spacial score (nSPS) is 12.8. The second-order valence-corrected chi connectivity index (χ2v) is 18.7. The summed E-state index contributed by atoms with van der Waals surface area (Å²) < 4.78 is 12.2. The third-order valence-corrected chi connectivity index (χ3v) is 9.94. The van der Waals surface area contributed by atoms with Crippen LogP contribution in [-0.4, -0.2) is 25.2 Å². The average molecular weight is 269 g/mol. The van der Waals surface area contributed by atoms with Gasteiger partial charge < -0.3 is 8.23 Å². The molecule has 0 radical (unpaired) electrons. The fourth-order valence-electron chi connectivity index (χ4n) is 1.50. The van der Waals surface area contributed by atoms with Crippen LogP contribution in [0.25, 0.3) is 0 Å². The Morgan fingerprint density at radius 1 is 0.533 bits per heavy atom. The van der Waals surface area contributed by atoms with Crippen LogP contribution in [0.4, 0.5) is 0 Å². The molecule has 0 aliphatic heterocycles. The van der Waals surface area contributed by atoms with Crippen LogP contribution in [0, 0.1) is 0 Å². The molecule has 0 amide bonds. The second kappa shape index (κ2) is 6.34. The molecule has 0 fully saturated rings. The molecule has 0 aromatic rings. The zero-order chi connectivity index (χ0) is 10.9. The van der Waals surface area contributed by atoms with E-state index < -0.39 is 25.2 Å². The highest BCUT2D eigenvalue weighted by Crippen LogP contribution is 2.19. The molecule has 0 atom stereocenters. The van der Waals surface area contributed by atoms with Gasteiger partial charge in [-0.3, -0.25) is 0 Å². The molecule has 0 bridgehead atoms. The Morgan fingerprint density at radius 2 is 0.733 bits per heavy atom. The maximum Gasteiger partial charge on any atom is 0.311 e. The largest absolute Gasteiger partial charge is 0.437 e. The van der Waals surface area contributed by atoms with E-state index in [0.717, 1.165) is 0 Å². The lowest BCUT2D eigenvalue weighted by Gasteiger charge is -2.35. The number of hydrogen-bond donors (Lipinski definition) is 0. The lowest BCUT2D eigenvalue weighted by atomic mass is 11.8. The Kier molecular flexibility index (Phi) is 8.84. The van der Waals surface area contributed by atoms with E-state index in [1.807, 2.05) is 0 Å². The molecular weight excluding hydrogens is 236 g/mol. The van der Waals surface area contributed by atoms with E-state index in [9.17, 15) is 0 Å². The van der Waals surface area contributed by atoms with E-state index in [4.69, 9.17) is 8.23 Å². The third-order valence-electron chi connectivity index (χ3n) is 1.10. The summed E-state index contributed by atoms with van der Waals surface area (Å²) in [7, 11) is -4.72. The first-order valence-corrected chi connectivity index (χ1v) is 14.4. The summed E-state index contributed by atoms with van der Waals surface area (Å²) in [5.74, 6) is 0. The summed E-state index contributed by atoms with van der Waals surface area (Å²) in [5, 5.41) is 0. The third kappa shape index (κ3) is 14.6. The van der Waals surface area contributed by atoms with Gasteiger partial charge in [0, 0.05) is 0 Å². The van der Waals surface area contributed by atoms with Crippen molar-refractivity contribution >= 4 is 25.2 Å². The van der Waals surface area contributed by atoms with Crippen molar-refractivity contribution in [2.24, 2.45) is 0 Å². The lowest BCUT2D eigenvalue weighted by Crippen LogP contribution is -2.50. The molecule has 0 saturated heterocycles. The van der Waals surface area contributed by atoms with Crippen LogP contribution in [0.2, 0.25) is 52.4 Å². The van der Waals surface area contributed by atoms with Crippen LogP contribution in [0.3, 0.4) is 0 Å². The van der Waals surface area contributed by atoms with Gasteiger partial charge in [0.05, 0.1) is 0 Å². The van der Waals surface area contributed by atoms with E-state index in [0.29, 0.717) is 0 Å². The Morgan fingerprint density at radius 3 is 0.867 bits per heavy atom. The molecule has 0 unspecified atom stereocenters. The first kappa shape index (κ1) is 20.9. The van der Waals surface area contributed by atoms with Crippen LogP contribution in [0.1, 0.15) is 14.9 Å². The van der Waals surface area contributed by atoms with Crippen LogP contribution in [0.5, 0.6) is 0 Å². The van der Waals surface area contributed by atoms with Crippen molar-refractivity contribution in [3.8, 4) is 0 Å². The summed E-state index contributed by atoms with van der Waals surface area (Å²) in [4.78, 5) is 0. The molecule has 0 aliphatic rings. The molecule has 2 nitrogen and oxygen atoms in total. The van der Waals surface area contributed by atoms with Gasteiger partial charge in [0.2, 0.25) is 0 Å². The monoisotopic (exact) mass is 268 g/mol. The van der Waals surface area contributed by atoms with Crippen molar-refractivity contribution in [1.29, 1.82) is 0 Å². The molecule has 0 N–H and O–H groups in total. The van der Waals surface area contributed by atoms with Crippen LogP contribution in [0.15, 0.2) is 0 Å². The van der Waals surface area contributed by atoms with Crippen molar-refractivity contribution in [2.45, 2.75) is 67.2 Å². The van der Waals surface area contributed by atoms with Gasteiger partial charge in [0.25, 0.3) is 0 Å². The van der Waals surface area contributed by atoms with Gasteiger partial charge in [0.15, 0.2) is 16.6 Å². The molecule has 5 heteroatoms. The van der Waals surface area contributed by atoms with E-state index in [-0.39, 0.29) is 14.9 Å². The first-order chi connectivity index (χ1) is 5.41. The van der Waals surface area contributed by atoms with Crippen LogP contribution < -0.4 is 0 Å². The highest BCUT2D eigenvalue weighted by atomic mass is 28.5. The average Bonchev–Trinajstić information content (AvgIpc) is 1.43. The second-order valence-electron chi connectivity index (χ2n) is 5.83. The van der Waals surface area contributed by atoms with Crippen molar-refractivity contribution in [3.63, 3.8) is 0 Å². The summed E-state index contributed by atoms with van der Waals surface area (Å²) in [6, 6.07) is 0. The van der Waals surface area contributed by atoms with Gasteiger partial charge in [0.1, 0.15) is 0 Å². The Labute approximate surface area is 101 Å². The van der Waals surface area contributed by atoms with Crippen molar-refractivity contribution in [2.75, 3.05) is 0 Å². The number of hydrogen-bond acceptors (Lipinski definition) is 2. The molecule has 0 rings (SSSR count). The van der Waals surface area contributed by atoms with Crippen molar-refractivity contribution < 1.29 is 8.23 Å². The van der Waals surface area contributed by atoms with Gasteiger partial charge in [-0.15, -0.1) is 0 Å². The summed E-state index contributed by atoms with van der Waals surface area (Å²) in [5.41, 5.74) is 0. The van der Waals surface area contributed by atoms with E-state index in [2.05, 4.69) is 52.4 Å². The fourth-order valence-corrected chi connectivity index (χ4v) is 13.8. The van der Waals surface area contributed by atoms with E-state index >= 15 is 0 Å². The molecular formula is C10H32O2Si3. The maximum atomic E-state index is 6.09. The predicted octanol–water partition coefficient (Wildman–Crippen LogP) is 4.66. The van der Waals surface area contributed by atoms with Gasteiger partial charge in [-0.1, -0.05) is 14.9 Å². The Bertz CT molecular complexity index is 150. The van der Waals surface area contributed by atoms with Gasteiger partial charge >= 0.3 is 8.56 Å². The Hall–Kier alpha value is 0.571. The molecule has 15 heavy (non-hydrogen) atoms. The van der Waals surface area contributed by atoms with Crippen molar-refractivity contribution in [3.05, 3.63) is 0 Å². The summed E-state index contributed by atoms with van der Waals surface area (Å²) in [6.07, 6.45) is 0. The topological polar surface area (TPSA) is 18.5 Å². The number of rotatable bonds is 4. The van der Waals surface area contributed by atoms with Gasteiger partial charge in [-0.25, -0.2) is 0 Å². The minimum Gasteiger partial charge on any atom is -0.437 e. The van der Waals surface area contributed by atoms with Crippen molar-refractivity contribution in [1.82, 2.24) is 0 Å². The summed E-state index contributed by atoms with van der Waals surface area (Å²) in [6.45, 7) is 17.6. The molecule has 0 aromatic heterocycles. The molecule has 0 saturated carbocycles. The van der Waals surface area contributed by atoms with Gasteiger partial charge in [-0.2, -0.15) is 0 Å². The zero-order valence-corrected chi connectivity index (χ0v) is 13.3. The SMILES string of the molecule is C.C.C[Si](C)(C)O[Si](C)(C)O[Si](C)(C)C. The van der Waals surface area contributed by atoms with Crippen LogP contribution >= 0.6 is 0 Å². The zero-order valence-electron chi connectivity index (χ0n) is 10.3. The van der Waals surface area contributed by atoms with Crippen LogP contribution in [-0.2, 0) is 8.23 Å². The molecule has 0 heterocycles. The molecule has 96 valence electrons. The quantitative estimate of drug-likeness (QED) is 0.690. The molecule has 0 spiro atoms. The van der Waals surface area contributed by atoms with Gasteiger partial charge in [-0.05, 0) is 52.4 Å². The minimum absolute atomic E-state index is 0. The highest BCUT2D eigenvalue weighted by Gasteiger charge is 2.35. The molecule has 0 aromatic carbocycles. The standard InChI is InChI=1S/C8H24O2Si3.2CH4/c1-11(2,3)9-13(7,8)10-12(4,5)6;;/h1-8H3;2*1H4. The first-order valence-electron chi connectivity index (χ1n) is 4.82. The predicted molar refractivity (Wildman–Crippen MR) is 79.8 cm³/mol. The van der Waals surface area contributed by atoms with E-state index in [1.54, 1.807) is 0 Å². The highest BCUT2D eigenvalue weighted by molar-refractivity contribution is 6.87.